The van der Waals surface area contributed by atoms with Crippen molar-refractivity contribution in [2.75, 3.05) is 7.11 Å². The molecule has 0 atom stereocenters. The van der Waals surface area contributed by atoms with Gasteiger partial charge in [0.25, 0.3) is 5.91 Å². The molecule has 4 rings (SSSR count). The summed E-state index contributed by atoms with van der Waals surface area (Å²) in [4.78, 5) is 21.8. The number of hydrogen-bond acceptors (Lipinski definition) is 5. The number of nitrogens with zero attached hydrogens (tertiary/aromatic N) is 2. The van der Waals surface area contributed by atoms with Gasteiger partial charge in [-0.15, -0.1) is 5.06 Å². The van der Waals surface area contributed by atoms with E-state index >= 15 is 0 Å². The van der Waals surface area contributed by atoms with Crippen LogP contribution >= 0.6 is 11.6 Å². The highest BCUT2D eigenvalue weighted by Crippen LogP contribution is 2.38. The lowest BCUT2D eigenvalue weighted by Gasteiger charge is -2.23. The first-order valence-corrected chi connectivity index (χ1v) is 9.48. The number of methoxy groups -OCH3 is 1. The zero-order valence-corrected chi connectivity index (χ0v) is 17.1. The lowest BCUT2D eigenvalue weighted by molar-refractivity contribution is -0.114. The quantitative estimate of drug-likeness (QED) is 0.721. The summed E-state index contributed by atoms with van der Waals surface area (Å²) in [6.45, 7) is 2.05. The van der Waals surface area contributed by atoms with E-state index in [-0.39, 0.29) is 11.4 Å². The molecule has 30 heavy (non-hydrogen) atoms. The predicted molar refractivity (Wildman–Crippen MR) is 114 cm³/mol. The monoisotopic (exact) mass is 423 g/mol. The van der Waals surface area contributed by atoms with Crippen LogP contribution in [0.15, 0.2) is 64.9 Å². The average molecular weight is 424 g/mol. The van der Waals surface area contributed by atoms with Gasteiger partial charge in [0.15, 0.2) is 23.2 Å². The smallest absolute Gasteiger partial charge is 0.282 e. The Morgan fingerprint density at radius 3 is 2.77 bits per heavy atom. The normalized spacial score (nSPS) is 16.8. The van der Waals surface area contributed by atoms with Crippen molar-refractivity contribution in [3.05, 3.63) is 76.0 Å². The molecule has 0 bridgehead atoms. The van der Waals surface area contributed by atoms with Crippen LogP contribution < -0.4 is 9.47 Å². The number of halogens is 1. The molecule has 0 saturated carbocycles. The SMILES string of the molecule is COc1cc(/C=C2\C(=N)N3OC(C)=CC3=NC2=O)cc(Cl)c1OCc1ccccc1. The van der Waals surface area contributed by atoms with Gasteiger partial charge >= 0.3 is 0 Å². The number of benzene rings is 2. The van der Waals surface area contributed by atoms with Crippen molar-refractivity contribution in [3.63, 3.8) is 0 Å². The Morgan fingerprint density at radius 2 is 2.03 bits per heavy atom. The summed E-state index contributed by atoms with van der Waals surface area (Å²) in [5, 5.41) is 9.84. The van der Waals surface area contributed by atoms with Gasteiger partial charge in [-0.25, -0.2) is 0 Å². The fourth-order valence-electron chi connectivity index (χ4n) is 3.06. The number of aliphatic imine (C=N–C) groups is 1. The first-order valence-electron chi connectivity index (χ1n) is 9.10. The first kappa shape index (κ1) is 19.7. The van der Waals surface area contributed by atoms with Crippen molar-refractivity contribution in [1.82, 2.24) is 5.06 Å². The van der Waals surface area contributed by atoms with E-state index in [1.54, 1.807) is 25.1 Å². The summed E-state index contributed by atoms with van der Waals surface area (Å²) in [7, 11) is 1.51. The van der Waals surface area contributed by atoms with Crippen molar-refractivity contribution in [3.8, 4) is 11.5 Å². The van der Waals surface area contributed by atoms with Gasteiger partial charge in [0.1, 0.15) is 12.4 Å². The Hall–Kier alpha value is -3.58. The maximum Gasteiger partial charge on any atom is 0.282 e. The molecule has 2 aliphatic rings. The van der Waals surface area contributed by atoms with E-state index in [0.29, 0.717) is 40.3 Å². The summed E-state index contributed by atoms with van der Waals surface area (Å²) < 4.78 is 11.3. The lowest BCUT2D eigenvalue weighted by atomic mass is 10.1. The van der Waals surface area contributed by atoms with Gasteiger partial charge < -0.3 is 14.3 Å². The summed E-state index contributed by atoms with van der Waals surface area (Å²) in [6.07, 6.45) is 3.12. The second-order valence-electron chi connectivity index (χ2n) is 6.63. The molecule has 0 unspecified atom stereocenters. The molecular formula is C22H18ClN3O4. The number of rotatable bonds is 5. The van der Waals surface area contributed by atoms with Crippen LogP contribution in [0.3, 0.4) is 0 Å². The molecule has 0 radical (unpaired) electrons. The molecule has 0 aliphatic carbocycles. The molecule has 0 aromatic heterocycles. The molecule has 7 nitrogen and oxygen atoms in total. The molecule has 1 amide bonds. The molecule has 2 aromatic carbocycles. The van der Waals surface area contributed by atoms with Crippen LogP contribution in [0.4, 0.5) is 0 Å². The number of amides is 1. The largest absolute Gasteiger partial charge is 0.493 e. The molecule has 1 N–H and O–H groups in total. The maximum absolute atomic E-state index is 12.4. The highest BCUT2D eigenvalue weighted by molar-refractivity contribution is 6.33. The van der Waals surface area contributed by atoms with Crippen molar-refractivity contribution < 1.29 is 19.1 Å². The van der Waals surface area contributed by atoms with E-state index in [9.17, 15) is 4.79 Å². The molecule has 2 aliphatic heterocycles. The number of carbonyl (C=O) groups excluding carboxylic acids is 1. The van der Waals surface area contributed by atoms with E-state index in [0.717, 1.165) is 5.56 Å². The van der Waals surface area contributed by atoms with E-state index in [1.807, 2.05) is 30.3 Å². The Morgan fingerprint density at radius 1 is 1.27 bits per heavy atom. The van der Waals surface area contributed by atoms with Gasteiger partial charge in [0.05, 0.1) is 17.7 Å². The number of amidine groups is 2. The standard InChI is InChI=1S/C22H18ClN3O4/c1-13-8-19-25-22(27)16(21(24)26(19)30-13)9-15-10-17(23)20(18(11-15)28-2)29-12-14-6-4-3-5-7-14/h3-11,24H,12H2,1-2H3/b16-9+,24-21?. The molecular weight excluding hydrogens is 406 g/mol. The van der Waals surface area contributed by atoms with Crippen molar-refractivity contribution in [1.29, 1.82) is 5.41 Å². The summed E-state index contributed by atoms with van der Waals surface area (Å²) in [5.74, 6) is 1.03. The Balaban J connectivity index is 1.62. The third-order valence-electron chi connectivity index (χ3n) is 4.47. The van der Waals surface area contributed by atoms with Gasteiger partial charge in [0.2, 0.25) is 0 Å². The second-order valence-corrected chi connectivity index (χ2v) is 7.04. The molecule has 0 fully saturated rings. The van der Waals surface area contributed by atoms with Crippen LogP contribution in [0.1, 0.15) is 18.1 Å². The number of hydrogen-bond donors (Lipinski definition) is 1. The van der Waals surface area contributed by atoms with Crippen LogP contribution in [0, 0.1) is 5.41 Å². The van der Waals surface area contributed by atoms with Crippen LogP contribution in [0.5, 0.6) is 11.5 Å². The second kappa shape index (κ2) is 8.04. The van der Waals surface area contributed by atoms with Crippen molar-refractivity contribution in [2.24, 2.45) is 4.99 Å². The summed E-state index contributed by atoms with van der Waals surface area (Å²) in [6, 6.07) is 13.0. The zero-order valence-electron chi connectivity index (χ0n) is 16.3. The number of fused-ring (bicyclic) bond motifs is 1. The lowest BCUT2D eigenvalue weighted by Crippen LogP contribution is -2.38. The van der Waals surface area contributed by atoms with Crippen LogP contribution in [0.2, 0.25) is 5.02 Å². The van der Waals surface area contributed by atoms with Crippen molar-refractivity contribution >= 4 is 35.3 Å². The van der Waals surface area contributed by atoms with E-state index in [1.165, 1.54) is 18.2 Å². The number of nitrogens with one attached hydrogen (secondary N) is 1. The number of carbonyl (C=O) groups is 1. The molecule has 0 saturated heterocycles. The Bertz CT molecular complexity index is 1120. The van der Waals surface area contributed by atoms with Gasteiger partial charge in [0, 0.05) is 6.08 Å². The predicted octanol–water partition coefficient (Wildman–Crippen LogP) is 4.38. The maximum atomic E-state index is 12.4. The highest BCUT2D eigenvalue weighted by Gasteiger charge is 2.34. The van der Waals surface area contributed by atoms with E-state index in [4.69, 9.17) is 31.3 Å². The summed E-state index contributed by atoms with van der Waals surface area (Å²) >= 11 is 6.43. The number of hydroxylamine groups is 2. The van der Waals surface area contributed by atoms with Crippen LogP contribution in [0.25, 0.3) is 6.08 Å². The van der Waals surface area contributed by atoms with Crippen molar-refractivity contribution in [2.45, 2.75) is 13.5 Å². The minimum atomic E-state index is -0.528. The first-order chi connectivity index (χ1) is 14.5. The Labute approximate surface area is 178 Å². The van der Waals surface area contributed by atoms with E-state index < -0.39 is 5.91 Å². The Kier molecular flexibility index (Phi) is 5.29. The van der Waals surface area contributed by atoms with E-state index in [2.05, 4.69) is 4.99 Å². The van der Waals surface area contributed by atoms with Crippen LogP contribution in [-0.4, -0.2) is 29.8 Å². The molecule has 0 spiro atoms. The molecule has 8 heteroatoms. The third kappa shape index (κ3) is 3.79. The molecule has 2 aromatic rings. The van der Waals surface area contributed by atoms with Gasteiger partial charge in [-0.1, -0.05) is 41.9 Å². The van der Waals surface area contributed by atoms with Gasteiger partial charge in [-0.2, -0.15) is 4.99 Å². The average Bonchev–Trinajstić information content (AvgIpc) is 3.11. The minimum absolute atomic E-state index is 0.0814. The third-order valence-corrected chi connectivity index (χ3v) is 4.75. The summed E-state index contributed by atoms with van der Waals surface area (Å²) in [5.41, 5.74) is 1.64. The highest BCUT2D eigenvalue weighted by atomic mass is 35.5. The fraction of sp³-hybridized carbons (Fsp3) is 0.136. The topological polar surface area (TPSA) is 84.2 Å². The minimum Gasteiger partial charge on any atom is -0.493 e. The van der Waals surface area contributed by atoms with Gasteiger partial charge in [-0.05, 0) is 36.3 Å². The molecule has 152 valence electrons. The van der Waals surface area contributed by atoms with Crippen LogP contribution in [-0.2, 0) is 16.2 Å². The fourth-order valence-corrected chi connectivity index (χ4v) is 3.33. The zero-order chi connectivity index (χ0) is 21.3. The number of ether oxygens (including phenoxy) is 2. The van der Waals surface area contributed by atoms with Gasteiger partial charge in [-0.3, -0.25) is 10.2 Å². The molecule has 2 heterocycles. The number of allylic oxidation sites excluding steroid dienone is 1.